The highest BCUT2D eigenvalue weighted by Gasteiger charge is 2.02. The van der Waals surface area contributed by atoms with Crippen LogP contribution in [0.15, 0.2) is 24.3 Å². The second-order valence-electron chi connectivity index (χ2n) is 2.76. The molecule has 0 saturated carbocycles. The van der Waals surface area contributed by atoms with Gasteiger partial charge in [-0.25, -0.2) is 9.97 Å². The zero-order valence-corrected chi connectivity index (χ0v) is 7.15. The van der Waals surface area contributed by atoms with Gasteiger partial charge in [0.15, 0.2) is 5.82 Å². The van der Waals surface area contributed by atoms with Gasteiger partial charge >= 0.3 is 0 Å². The van der Waals surface area contributed by atoms with Gasteiger partial charge in [-0.3, -0.25) is 10.7 Å². The van der Waals surface area contributed by atoms with E-state index < -0.39 is 0 Å². The molecule has 0 aliphatic rings. The minimum atomic E-state index is 0.402. The summed E-state index contributed by atoms with van der Waals surface area (Å²) in [6, 6.07) is 7.52. The second-order valence-corrected chi connectivity index (χ2v) is 2.76. The number of aromatic nitrogens is 2. The van der Waals surface area contributed by atoms with Crippen LogP contribution in [0.3, 0.4) is 0 Å². The molecule has 4 nitrogen and oxygen atoms in total. The summed E-state index contributed by atoms with van der Waals surface area (Å²) in [5.41, 5.74) is 4.30. The minimum Gasteiger partial charge on any atom is -0.290 e. The summed E-state index contributed by atoms with van der Waals surface area (Å²) in [4.78, 5) is 8.43. The van der Waals surface area contributed by atoms with Crippen molar-refractivity contribution in [3.05, 3.63) is 30.0 Å². The topological polar surface area (TPSA) is 58.0 Å². The molecular formula is C9H9N3O. The van der Waals surface area contributed by atoms with E-state index in [4.69, 9.17) is 5.21 Å². The van der Waals surface area contributed by atoms with Gasteiger partial charge in [-0.1, -0.05) is 12.1 Å². The van der Waals surface area contributed by atoms with Gasteiger partial charge in [-0.05, 0) is 19.1 Å². The molecule has 0 aliphatic heterocycles. The minimum absolute atomic E-state index is 0.402. The van der Waals surface area contributed by atoms with Crippen LogP contribution >= 0.6 is 0 Å². The summed E-state index contributed by atoms with van der Waals surface area (Å²) in [6.45, 7) is 1.79. The van der Waals surface area contributed by atoms with Crippen LogP contribution in [-0.4, -0.2) is 15.2 Å². The van der Waals surface area contributed by atoms with Crippen molar-refractivity contribution in [2.24, 2.45) is 0 Å². The third kappa shape index (κ3) is 1.31. The van der Waals surface area contributed by atoms with Crippen molar-refractivity contribution >= 4 is 16.9 Å². The fourth-order valence-electron chi connectivity index (χ4n) is 1.19. The van der Waals surface area contributed by atoms with E-state index >= 15 is 0 Å². The summed E-state index contributed by atoms with van der Waals surface area (Å²) < 4.78 is 0. The maximum absolute atomic E-state index is 8.73. The molecule has 1 aromatic heterocycles. The van der Waals surface area contributed by atoms with Crippen LogP contribution in [0.5, 0.6) is 0 Å². The maximum Gasteiger partial charge on any atom is 0.171 e. The lowest BCUT2D eigenvalue weighted by Crippen LogP contribution is -1.99. The Morgan fingerprint density at radius 2 is 1.77 bits per heavy atom. The Hall–Kier alpha value is -1.68. The first-order chi connectivity index (χ1) is 6.31. The highest BCUT2D eigenvalue weighted by atomic mass is 16.5. The molecule has 1 heterocycles. The number of hydrogen-bond donors (Lipinski definition) is 2. The van der Waals surface area contributed by atoms with Crippen molar-refractivity contribution in [3.63, 3.8) is 0 Å². The van der Waals surface area contributed by atoms with Gasteiger partial charge in [0, 0.05) is 0 Å². The molecule has 0 unspecified atom stereocenters. The predicted octanol–water partition coefficient (Wildman–Crippen LogP) is 1.74. The van der Waals surface area contributed by atoms with Crippen molar-refractivity contribution in [1.29, 1.82) is 0 Å². The first-order valence-corrected chi connectivity index (χ1v) is 3.95. The van der Waals surface area contributed by atoms with Crippen LogP contribution in [-0.2, 0) is 0 Å². The normalized spacial score (nSPS) is 10.3. The highest BCUT2D eigenvalue weighted by molar-refractivity contribution is 5.75. The zero-order chi connectivity index (χ0) is 9.26. The fourth-order valence-corrected chi connectivity index (χ4v) is 1.19. The van der Waals surface area contributed by atoms with Crippen LogP contribution < -0.4 is 5.48 Å². The van der Waals surface area contributed by atoms with Crippen molar-refractivity contribution in [2.75, 3.05) is 5.48 Å². The van der Waals surface area contributed by atoms with E-state index in [9.17, 15) is 0 Å². The van der Waals surface area contributed by atoms with Crippen LogP contribution in [0.1, 0.15) is 5.69 Å². The molecule has 2 rings (SSSR count). The Labute approximate surface area is 75.2 Å². The predicted molar refractivity (Wildman–Crippen MR) is 49.7 cm³/mol. The molecule has 0 aliphatic carbocycles. The van der Waals surface area contributed by atoms with Gasteiger partial charge in [0.2, 0.25) is 0 Å². The zero-order valence-electron chi connectivity index (χ0n) is 7.15. The van der Waals surface area contributed by atoms with Gasteiger partial charge in [-0.2, -0.15) is 0 Å². The lowest BCUT2D eigenvalue weighted by Gasteiger charge is -2.03. The largest absolute Gasteiger partial charge is 0.290 e. The Bertz CT molecular complexity index is 442. The molecule has 0 fully saturated rings. The lowest BCUT2D eigenvalue weighted by molar-refractivity contribution is 0.385. The van der Waals surface area contributed by atoms with Crippen molar-refractivity contribution in [2.45, 2.75) is 6.92 Å². The van der Waals surface area contributed by atoms with Gasteiger partial charge in [0.25, 0.3) is 0 Å². The summed E-state index contributed by atoms with van der Waals surface area (Å²) in [5, 5.41) is 8.73. The van der Waals surface area contributed by atoms with Crippen LogP contribution in [0, 0.1) is 6.92 Å². The smallest absolute Gasteiger partial charge is 0.171 e. The van der Waals surface area contributed by atoms with E-state index in [0.717, 1.165) is 11.0 Å². The quantitative estimate of drug-likeness (QED) is 0.648. The molecule has 0 bridgehead atoms. The third-order valence-corrected chi connectivity index (χ3v) is 1.85. The summed E-state index contributed by atoms with van der Waals surface area (Å²) >= 11 is 0. The van der Waals surface area contributed by atoms with Gasteiger partial charge in [-0.15, -0.1) is 0 Å². The molecule has 0 amide bonds. The molecular weight excluding hydrogens is 166 g/mol. The maximum atomic E-state index is 8.73. The highest BCUT2D eigenvalue weighted by Crippen LogP contribution is 2.14. The van der Waals surface area contributed by atoms with Crippen molar-refractivity contribution in [3.8, 4) is 0 Å². The molecule has 2 aromatic rings. The number of anilines is 1. The summed E-state index contributed by atoms with van der Waals surface area (Å²) in [6.07, 6.45) is 0. The number of nitrogens with zero attached hydrogens (tertiary/aromatic N) is 2. The molecule has 1 aromatic carbocycles. The first kappa shape index (κ1) is 7.94. The van der Waals surface area contributed by atoms with E-state index in [0.29, 0.717) is 11.5 Å². The molecule has 0 radical (unpaired) electrons. The van der Waals surface area contributed by atoms with Crippen LogP contribution in [0.25, 0.3) is 11.0 Å². The van der Waals surface area contributed by atoms with E-state index in [1.54, 1.807) is 6.92 Å². The Morgan fingerprint density at radius 3 is 2.38 bits per heavy atom. The third-order valence-electron chi connectivity index (χ3n) is 1.85. The number of benzene rings is 1. The molecule has 4 heteroatoms. The van der Waals surface area contributed by atoms with Crippen molar-refractivity contribution < 1.29 is 5.21 Å². The molecule has 13 heavy (non-hydrogen) atoms. The number of fused-ring (bicyclic) bond motifs is 1. The Balaban J connectivity index is 2.74. The second kappa shape index (κ2) is 2.99. The number of nitrogens with one attached hydrogen (secondary N) is 1. The number of hydrogen-bond acceptors (Lipinski definition) is 4. The van der Waals surface area contributed by atoms with E-state index in [1.807, 2.05) is 29.7 Å². The van der Waals surface area contributed by atoms with E-state index in [1.165, 1.54) is 0 Å². The van der Waals surface area contributed by atoms with E-state index in [-0.39, 0.29) is 0 Å². The molecule has 0 spiro atoms. The standard InChI is InChI=1S/C9H9N3O/c1-6-9(12-13)11-8-5-3-2-4-7(8)10-6/h2-5,13H,1H3,(H,11,12). The Morgan fingerprint density at radius 1 is 1.15 bits per heavy atom. The van der Waals surface area contributed by atoms with Crippen molar-refractivity contribution in [1.82, 2.24) is 9.97 Å². The lowest BCUT2D eigenvalue weighted by atomic mass is 10.3. The van der Waals surface area contributed by atoms with Gasteiger partial charge < -0.3 is 0 Å². The van der Waals surface area contributed by atoms with Gasteiger partial charge in [0.1, 0.15) is 0 Å². The number of rotatable bonds is 1. The fraction of sp³-hybridized carbons (Fsp3) is 0.111. The average Bonchev–Trinajstić information content (AvgIpc) is 2.17. The summed E-state index contributed by atoms with van der Waals surface area (Å²) in [5.74, 6) is 0.402. The Kier molecular flexibility index (Phi) is 1.83. The van der Waals surface area contributed by atoms with Crippen LogP contribution in [0.2, 0.25) is 0 Å². The van der Waals surface area contributed by atoms with Crippen LogP contribution in [0.4, 0.5) is 5.82 Å². The molecule has 0 atom stereocenters. The SMILES string of the molecule is Cc1nc2ccccc2nc1NO. The van der Waals surface area contributed by atoms with Gasteiger partial charge in [0.05, 0.1) is 16.7 Å². The summed E-state index contributed by atoms with van der Waals surface area (Å²) in [7, 11) is 0. The molecule has 2 N–H and O–H groups in total. The number of aryl methyl sites for hydroxylation is 1. The molecule has 0 saturated heterocycles. The first-order valence-electron chi connectivity index (χ1n) is 3.95. The molecule has 66 valence electrons. The number of para-hydroxylation sites is 2. The monoisotopic (exact) mass is 175 g/mol. The van der Waals surface area contributed by atoms with E-state index in [2.05, 4.69) is 9.97 Å². The average molecular weight is 175 g/mol.